The molecule has 0 aliphatic carbocycles. The average Bonchev–Trinajstić information content (AvgIpc) is 2.44. The molecule has 2 nitrogen and oxygen atoms in total. The van der Waals surface area contributed by atoms with Crippen LogP contribution in [0.4, 0.5) is 0 Å². The molecule has 0 fully saturated rings. The van der Waals surface area contributed by atoms with Crippen molar-refractivity contribution < 1.29 is 4.42 Å². The van der Waals surface area contributed by atoms with Crippen LogP contribution in [0.15, 0.2) is 73.8 Å². The molecule has 2 aromatic carbocycles. The number of hydrogen-bond acceptors (Lipinski definition) is 3. The van der Waals surface area contributed by atoms with E-state index in [1.807, 2.05) is 43.3 Å². The second-order valence-electron chi connectivity index (χ2n) is 4.29. The van der Waals surface area contributed by atoms with Gasteiger partial charge in [-0.3, -0.25) is 4.79 Å². The van der Waals surface area contributed by atoms with Crippen molar-refractivity contribution in [3.63, 3.8) is 0 Å². The van der Waals surface area contributed by atoms with E-state index in [2.05, 4.69) is 0 Å². The summed E-state index contributed by atoms with van der Waals surface area (Å²) < 4.78 is 5.51. The van der Waals surface area contributed by atoms with E-state index in [-0.39, 0.29) is 5.43 Å². The van der Waals surface area contributed by atoms with Crippen molar-refractivity contribution in [1.82, 2.24) is 0 Å². The molecule has 3 heteroatoms. The second-order valence-corrected chi connectivity index (χ2v) is 5.38. The zero-order valence-electron chi connectivity index (χ0n) is 10.4. The van der Waals surface area contributed by atoms with Gasteiger partial charge in [0, 0.05) is 4.90 Å². The SMILES string of the molecule is Cc1ccccc1Sc1coc2ccccc2c1=O. The molecule has 0 N–H and O–H groups in total. The summed E-state index contributed by atoms with van der Waals surface area (Å²) in [5, 5.41) is 0.626. The minimum Gasteiger partial charge on any atom is -0.463 e. The Balaban J connectivity index is 2.10. The van der Waals surface area contributed by atoms with Gasteiger partial charge in [0.05, 0.1) is 10.3 Å². The lowest BCUT2D eigenvalue weighted by Crippen LogP contribution is -2.03. The number of para-hydroxylation sites is 1. The number of rotatable bonds is 2. The van der Waals surface area contributed by atoms with Crippen molar-refractivity contribution in [2.75, 3.05) is 0 Å². The summed E-state index contributed by atoms with van der Waals surface area (Å²) in [6.45, 7) is 2.03. The smallest absolute Gasteiger partial charge is 0.206 e. The molecule has 0 radical (unpaired) electrons. The van der Waals surface area contributed by atoms with Gasteiger partial charge in [-0.2, -0.15) is 0 Å². The van der Waals surface area contributed by atoms with Crippen LogP contribution in [0.25, 0.3) is 11.0 Å². The topological polar surface area (TPSA) is 30.2 Å². The Labute approximate surface area is 115 Å². The van der Waals surface area contributed by atoms with E-state index in [0.717, 1.165) is 10.5 Å². The molecular weight excluding hydrogens is 256 g/mol. The Morgan fingerprint density at radius 3 is 2.53 bits per heavy atom. The first kappa shape index (κ1) is 12.1. The van der Waals surface area contributed by atoms with Gasteiger partial charge in [-0.15, -0.1) is 0 Å². The third-order valence-electron chi connectivity index (χ3n) is 2.96. The van der Waals surface area contributed by atoms with Crippen LogP contribution in [-0.4, -0.2) is 0 Å². The standard InChI is InChI=1S/C16H12O2S/c1-11-6-2-5-9-14(11)19-15-10-18-13-8-4-3-7-12(13)16(15)17/h2-10H,1H3. The van der Waals surface area contributed by atoms with Crippen molar-refractivity contribution in [3.8, 4) is 0 Å². The highest BCUT2D eigenvalue weighted by Gasteiger charge is 2.08. The summed E-state index contributed by atoms with van der Waals surface area (Å²) in [5.41, 5.74) is 1.80. The maximum Gasteiger partial charge on any atom is 0.206 e. The third kappa shape index (κ3) is 2.29. The average molecular weight is 268 g/mol. The molecule has 0 spiro atoms. The summed E-state index contributed by atoms with van der Waals surface area (Å²) in [6.07, 6.45) is 1.54. The molecule has 0 bridgehead atoms. The molecule has 0 atom stereocenters. The first-order valence-corrected chi connectivity index (χ1v) is 6.81. The maximum atomic E-state index is 12.4. The first-order chi connectivity index (χ1) is 9.25. The Morgan fingerprint density at radius 2 is 1.68 bits per heavy atom. The van der Waals surface area contributed by atoms with Crippen LogP contribution < -0.4 is 5.43 Å². The van der Waals surface area contributed by atoms with Gasteiger partial charge in [0.2, 0.25) is 5.43 Å². The van der Waals surface area contributed by atoms with E-state index >= 15 is 0 Å². The van der Waals surface area contributed by atoms with Crippen molar-refractivity contribution in [2.24, 2.45) is 0 Å². The first-order valence-electron chi connectivity index (χ1n) is 6.00. The van der Waals surface area contributed by atoms with Crippen molar-refractivity contribution >= 4 is 22.7 Å². The molecule has 3 rings (SSSR count). The van der Waals surface area contributed by atoms with Gasteiger partial charge in [-0.1, -0.05) is 42.1 Å². The maximum absolute atomic E-state index is 12.4. The van der Waals surface area contributed by atoms with Crippen LogP contribution in [0.5, 0.6) is 0 Å². The molecule has 0 saturated heterocycles. The van der Waals surface area contributed by atoms with Crippen LogP contribution >= 0.6 is 11.8 Å². The number of hydrogen-bond donors (Lipinski definition) is 0. The van der Waals surface area contributed by atoms with E-state index in [4.69, 9.17) is 4.42 Å². The summed E-state index contributed by atoms with van der Waals surface area (Å²) in [6, 6.07) is 15.3. The number of aryl methyl sites for hydroxylation is 1. The van der Waals surface area contributed by atoms with Gasteiger partial charge >= 0.3 is 0 Å². The van der Waals surface area contributed by atoms with E-state index in [0.29, 0.717) is 15.9 Å². The zero-order valence-corrected chi connectivity index (χ0v) is 11.2. The molecule has 0 saturated carbocycles. The normalized spacial score (nSPS) is 10.8. The highest BCUT2D eigenvalue weighted by atomic mass is 32.2. The van der Waals surface area contributed by atoms with Gasteiger partial charge in [0.25, 0.3) is 0 Å². The predicted molar refractivity (Wildman–Crippen MR) is 77.8 cm³/mol. The molecule has 0 amide bonds. The van der Waals surface area contributed by atoms with Crippen molar-refractivity contribution in [3.05, 3.63) is 70.6 Å². The monoisotopic (exact) mass is 268 g/mol. The zero-order chi connectivity index (χ0) is 13.2. The van der Waals surface area contributed by atoms with E-state index in [1.54, 1.807) is 18.4 Å². The minimum absolute atomic E-state index is 0.0232. The fourth-order valence-corrected chi connectivity index (χ4v) is 2.83. The van der Waals surface area contributed by atoms with E-state index in [9.17, 15) is 4.79 Å². The summed E-state index contributed by atoms with van der Waals surface area (Å²) >= 11 is 1.45. The molecule has 0 aliphatic heterocycles. The number of fused-ring (bicyclic) bond motifs is 1. The van der Waals surface area contributed by atoms with Crippen molar-refractivity contribution in [2.45, 2.75) is 16.7 Å². The molecule has 0 unspecified atom stereocenters. The molecule has 94 valence electrons. The van der Waals surface area contributed by atoms with Crippen LogP contribution in [-0.2, 0) is 0 Å². The lowest BCUT2D eigenvalue weighted by atomic mass is 10.2. The Bertz CT molecular complexity index is 790. The highest BCUT2D eigenvalue weighted by Crippen LogP contribution is 2.28. The summed E-state index contributed by atoms with van der Waals surface area (Å²) in [4.78, 5) is 14.1. The molecule has 0 aliphatic rings. The minimum atomic E-state index is 0.0232. The Hall–Kier alpha value is -2.00. The van der Waals surface area contributed by atoms with Gasteiger partial charge in [-0.05, 0) is 30.7 Å². The van der Waals surface area contributed by atoms with E-state index < -0.39 is 0 Å². The van der Waals surface area contributed by atoms with Crippen LogP contribution in [0, 0.1) is 6.92 Å². The summed E-state index contributed by atoms with van der Waals surface area (Å²) in [5.74, 6) is 0. The van der Waals surface area contributed by atoms with Gasteiger partial charge in [0.1, 0.15) is 11.8 Å². The summed E-state index contributed by atoms with van der Waals surface area (Å²) in [7, 11) is 0. The molecule has 19 heavy (non-hydrogen) atoms. The Kier molecular flexibility index (Phi) is 3.13. The fraction of sp³-hybridized carbons (Fsp3) is 0.0625. The van der Waals surface area contributed by atoms with Gasteiger partial charge in [0.15, 0.2) is 0 Å². The highest BCUT2D eigenvalue weighted by molar-refractivity contribution is 7.99. The molecule has 3 aromatic rings. The Morgan fingerprint density at radius 1 is 0.947 bits per heavy atom. The molecule has 1 heterocycles. The van der Waals surface area contributed by atoms with Crippen molar-refractivity contribution in [1.29, 1.82) is 0 Å². The van der Waals surface area contributed by atoms with Crippen LogP contribution in [0.1, 0.15) is 5.56 Å². The molecule has 1 aromatic heterocycles. The van der Waals surface area contributed by atoms with E-state index in [1.165, 1.54) is 11.8 Å². The predicted octanol–water partition coefficient (Wildman–Crippen LogP) is 4.25. The lowest BCUT2D eigenvalue weighted by molar-refractivity contribution is 0.587. The third-order valence-corrected chi connectivity index (χ3v) is 4.14. The quantitative estimate of drug-likeness (QED) is 0.696. The second kappa shape index (κ2) is 4.94. The molecular formula is C16H12O2S. The largest absolute Gasteiger partial charge is 0.463 e. The van der Waals surface area contributed by atoms with Crippen LogP contribution in [0.2, 0.25) is 0 Å². The van der Waals surface area contributed by atoms with Crippen LogP contribution in [0.3, 0.4) is 0 Å². The fourth-order valence-electron chi connectivity index (χ4n) is 1.92. The lowest BCUT2D eigenvalue weighted by Gasteiger charge is -2.05. The van der Waals surface area contributed by atoms with Gasteiger partial charge < -0.3 is 4.42 Å². The number of benzene rings is 2. The van der Waals surface area contributed by atoms with Gasteiger partial charge in [-0.25, -0.2) is 0 Å².